The third kappa shape index (κ3) is 5.62. The highest BCUT2D eigenvalue weighted by atomic mass is 19.4. The summed E-state index contributed by atoms with van der Waals surface area (Å²) in [5, 5.41) is 6.29. The third-order valence-corrected chi connectivity index (χ3v) is 4.36. The molecule has 1 heterocycles. The van der Waals surface area contributed by atoms with Gasteiger partial charge >= 0.3 is 12.1 Å². The van der Waals surface area contributed by atoms with Crippen molar-refractivity contribution in [2.75, 3.05) is 25.6 Å². The lowest BCUT2D eigenvalue weighted by atomic mass is 10.2. The zero-order valence-electron chi connectivity index (χ0n) is 17.7. The minimum Gasteiger partial charge on any atom is -0.493 e. The molecule has 0 aliphatic rings. The Hall–Kier alpha value is -4.02. The van der Waals surface area contributed by atoms with Crippen LogP contribution in [0.3, 0.4) is 0 Å². The summed E-state index contributed by atoms with van der Waals surface area (Å²) in [7, 11) is 1.48. The van der Waals surface area contributed by atoms with E-state index in [0.29, 0.717) is 21.9 Å². The van der Waals surface area contributed by atoms with Gasteiger partial charge in [-0.25, -0.2) is 9.48 Å². The van der Waals surface area contributed by atoms with Crippen molar-refractivity contribution in [2.24, 2.45) is 0 Å². The van der Waals surface area contributed by atoms with E-state index >= 15 is 0 Å². The second kappa shape index (κ2) is 10.1. The molecule has 0 saturated carbocycles. The summed E-state index contributed by atoms with van der Waals surface area (Å²) in [6, 6.07) is 12.3. The highest BCUT2D eigenvalue weighted by molar-refractivity contribution is 5.92. The summed E-state index contributed by atoms with van der Waals surface area (Å²) >= 11 is 0. The zero-order chi connectivity index (χ0) is 24.0. The lowest BCUT2D eigenvalue weighted by molar-refractivity contribution is -0.143. The fraction of sp³-hybridized carbons (Fsp3) is 0.227. The van der Waals surface area contributed by atoms with Gasteiger partial charge in [0.15, 0.2) is 23.8 Å². The van der Waals surface area contributed by atoms with Crippen molar-refractivity contribution in [1.82, 2.24) is 9.78 Å². The molecule has 1 amide bonds. The van der Waals surface area contributed by atoms with Gasteiger partial charge in [-0.1, -0.05) is 12.1 Å². The van der Waals surface area contributed by atoms with Gasteiger partial charge in [-0.2, -0.15) is 18.3 Å². The maximum atomic E-state index is 13.6. The number of alkyl halides is 3. The molecule has 3 aromatic rings. The van der Waals surface area contributed by atoms with Crippen molar-refractivity contribution >= 4 is 17.6 Å². The van der Waals surface area contributed by atoms with Crippen LogP contribution in [-0.2, 0) is 15.7 Å². The summed E-state index contributed by atoms with van der Waals surface area (Å²) < 4.78 is 56.7. The molecule has 0 aliphatic heterocycles. The molecule has 0 aliphatic carbocycles. The lowest BCUT2D eigenvalue weighted by Gasteiger charge is -2.13. The van der Waals surface area contributed by atoms with Crippen LogP contribution in [0.25, 0.3) is 5.69 Å². The summed E-state index contributed by atoms with van der Waals surface area (Å²) in [5.41, 5.74) is -1.56. The Bertz CT molecular complexity index is 1130. The average molecular weight is 463 g/mol. The van der Waals surface area contributed by atoms with E-state index in [4.69, 9.17) is 9.47 Å². The fourth-order valence-corrected chi connectivity index (χ4v) is 2.94. The molecule has 33 heavy (non-hydrogen) atoms. The van der Waals surface area contributed by atoms with Crippen LogP contribution in [0.1, 0.15) is 23.0 Å². The van der Waals surface area contributed by atoms with Gasteiger partial charge in [0.2, 0.25) is 0 Å². The molecule has 2 aromatic carbocycles. The van der Waals surface area contributed by atoms with Crippen LogP contribution in [-0.4, -0.2) is 42.0 Å². The molecule has 0 unspecified atom stereocenters. The van der Waals surface area contributed by atoms with Crippen molar-refractivity contribution in [3.63, 3.8) is 0 Å². The SMILES string of the molecule is CCOC(=O)c1cnn(-c2ccc(NC(=O)COc3ccccc3OC)cc2)c1C(F)(F)F. The molecule has 11 heteroatoms. The van der Waals surface area contributed by atoms with E-state index in [-0.39, 0.29) is 18.9 Å². The number of halogens is 3. The molecular formula is C22H20F3N3O5. The molecule has 0 bridgehead atoms. The van der Waals surface area contributed by atoms with Gasteiger partial charge < -0.3 is 19.5 Å². The van der Waals surface area contributed by atoms with Gasteiger partial charge in [0.05, 0.1) is 25.6 Å². The van der Waals surface area contributed by atoms with E-state index in [0.717, 1.165) is 6.20 Å². The van der Waals surface area contributed by atoms with Crippen LogP contribution in [0.15, 0.2) is 54.7 Å². The zero-order valence-corrected chi connectivity index (χ0v) is 17.7. The number of esters is 1. The molecule has 8 nitrogen and oxygen atoms in total. The molecule has 1 aromatic heterocycles. The van der Waals surface area contributed by atoms with Crippen molar-refractivity contribution in [3.05, 3.63) is 66.0 Å². The van der Waals surface area contributed by atoms with E-state index in [1.54, 1.807) is 24.3 Å². The third-order valence-electron chi connectivity index (χ3n) is 4.36. The molecule has 0 radical (unpaired) electrons. The number of methoxy groups -OCH3 is 1. The van der Waals surface area contributed by atoms with Crippen LogP contribution < -0.4 is 14.8 Å². The number of aromatic nitrogens is 2. The predicted molar refractivity (Wildman–Crippen MR) is 112 cm³/mol. The first-order valence-electron chi connectivity index (χ1n) is 9.73. The minimum atomic E-state index is -4.85. The number of nitrogens with zero attached hydrogens (tertiary/aromatic N) is 2. The van der Waals surface area contributed by atoms with Crippen molar-refractivity contribution in [2.45, 2.75) is 13.1 Å². The number of rotatable bonds is 8. The lowest BCUT2D eigenvalue weighted by Crippen LogP contribution is -2.20. The summed E-state index contributed by atoms with van der Waals surface area (Å²) in [6.45, 7) is 1.11. The molecular weight excluding hydrogens is 443 g/mol. The number of para-hydroxylation sites is 2. The van der Waals surface area contributed by atoms with Gasteiger partial charge in [-0.05, 0) is 43.3 Å². The van der Waals surface area contributed by atoms with Crippen LogP contribution in [0.2, 0.25) is 0 Å². The second-order valence-corrected chi connectivity index (χ2v) is 6.57. The first-order chi connectivity index (χ1) is 15.7. The Morgan fingerprint density at radius 3 is 2.33 bits per heavy atom. The van der Waals surface area contributed by atoms with E-state index in [1.807, 2.05) is 0 Å². The number of carbonyl (C=O) groups excluding carboxylic acids is 2. The molecule has 0 atom stereocenters. The summed E-state index contributed by atoms with van der Waals surface area (Å²) in [5.74, 6) is -0.735. The highest BCUT2D eigenvalue weighted by Crippen LogP contribution is 2.34. The first-order valence-corrected chi connectivity index (χ1v) is 9.73. The first kappa shape index (κ1) is 23.6. The number of amides is 1. The molecule has 174 valence electrons. The van der Waals surface area contributed by atoms with Gasteiger partial charge in [0.1, 0.15) is 5.56 Å². The van der Waals surface area contributed by atoms with Gasteiger partial charge in [-0.3, -0.25) is 4.79 Å². The van der Waals surface area contributed by atoms with Gasteiger partial charge in [0, 0.05) is 5.69 Å². The standard InChI is InChI=1S/C22H20F3N3O5/c1-3-32-21(30)16-12-26-28(20(16)22(23,24)25)15-10-8-14(9-11-15)27-19(29)13-33-18-7-5-4-6-17(18)31-2/h4-12H,3,13H2,1-2H3,(H,27,29). The topological polar surface area (TPSA) is 91.7 Å². The van der Waals surface area contributed by atoms with Crippen molar-refractivity contribution in [3.8, 4) is 17.2 Å². The Morgan fingerprint density at radius 1 is 1.06 bits per heavy atom. The van der Waals surface area contributed by atoms with E-state index < -0.39 is 29.3 Å². The number of hydrogen-bond acceptors (Lipinski definition) is 6. The second-order valence-electron chi connectivity index (χ2n) is 6.57. The number of ether oxygens (including phenoxy) is 3. The normalized spacial score (nSPS) is 11.1. The smallest absolute Gasteiger partial charge is 0.434 e. The quantitative estimate of drug-likeness (QED) is 0.506. The molecule has 3 rings (SSSR count). The van der Waals surface area contributed by atoms with E-state index in [1.165, 1.54) is 38.3 Å². The van der Waals surface area contributed by atoms with Crippen LogP contribution in [0, 0.1) is 0 Å². The number of benzene rings is 2. The van der Waals surface area contributed by atoms with Crippen LogP contribution in [0.4, 0.5) is 18.9 Å². The highest BCUT2D eigenvalue weighted by Gasteiger charge is 2.41. The largest absolute Gasteiger partial charge is 0.493 e. The maximum Gasteiger partial charge on any atom is 0.434 e. The molecule has 0 spiro atoms. The number of hydrogen-bond donors (Lipinski definition) is 1. The summed E-state index contributed by atoms with van der Waals surface area (Å²) in [4.78, 5) is 24.1. The average Bonchev–Trinajstić information content (AvgIpc) is 3.25. The van der Waals surface area contributed by atoms with Gasteiger partial charge in [0.25, 0.3) is 5.91 Å². The van der Waals surface area contributed by atoms with Crippen molar-refractivity contribution < 1.29 is 37.0 Å². The maximum absolute atomic E-state index is 13.6. The van der Waals surface area contributed by atoms with Crippen LogP contribution in [0.5, 0.6) is 11.5 Å². The predicted octanol–water partition coefficient (Wildman–Crippen LogP) is 4.09. The fourth-order valence-electron chi connectivity index (χ4n) is 2.94. The molecule has 0 saturated heterocycles. The summed E-state index contributed by atoms with van der Waals surface area (Å²) in [6.07, 6.45) is -4.03. The Kier molecular flexibility index (Phi) is 7.21. The number of carbonyl (C=O) groups is 2. The Morgan fingerprint density at radius 2 is 1.73 bits per heavy atom. The Balaban J connectivity index is 1.73. The Labute approximate surface area is 186 Å². The van der Waals surface area contributed by atoms with Crippen LogP contribution >= 0.6 is 0 Å². The van der Waals surface area contributed by atoms with E-state index in [9.17, 15) is 22.8 Å². The number of anilines is 1. The van der Waals surface area contributed by atoms with Gasteiger partial charge in [-0.15, -0.1) is 0 Å². The molecule has 1 N–H and O–H groups in total. The monoisotopic (exact) mass is 463 g/mol. The molecule has 0 fully saturated rings. The van der Waals surface area contributed by atoms with E-state index in [2.05, 4.69) is 15.2 Å². The minimum absolute atomic E-state index is 0.0427. The van der Waals surface area contributed by atoms with Crippen molar-refractivity contribution in [1.29, 1.82) is 0 Å². The number of nitrogens with one attached hydrogen (secondary N) is 1.